The number of hydrogen-bond acceptors (Lipinski definition) is 5. The molecule has 0 aliphatic carbocycles. The number of pyridine rings is 1. The first-order valence-corrected chi connectivity index (χ1v) is 8.94. The lowest BCUT2D eigenvalue weighted by molar-refractivity contribution is -0.118. The summed E-state index contributed by atoms with van der Waals surface area (Å²) in [6.07, 6.45) is 3.31. The first kappa shape index (κ1) is 18.4. The number of methoxy groups -OCH3 is 1. The number of halogens is 2. The standard InChI is InChI=1S/C19H17ClFN5O2/c1-28-15-4-12(7-22-8-15)18-5-13(9-25-10-19(27)23-11-25)24-26(18)14-2-3-17(21)16(20)6-14/h2-8H,9-11H2,1H3,(H,23,27). The van der Waals surface area contributed by atoms with E-state index in [-0.39, 0.29) is 10.9 Å². The van der Waals surface area contributed by atoms with Crippen LogP contribution in [0.3, 0.4) is 0 Å². The predicted molar refractivity (Wildman–Crippen MR) is 102 cm³/mol. The Labute approximate surface area is 165 Å². The zero-order chi connectivity index (χ0) is 19.7. The molecule has 0 radical (unpaired) electrons. The van der Waals surface area contributed by atoms with Gasteiger partial charge in [0, 0.05) is 18.3 Å². The van der Waals surface area contributed by atoms with Crippen LogP contribution in [0.2, 0.25) is 5.02 Å². The maximum absolute atomic E-state index is 13.6. The summed E-state index contributed by atoms with van der Waals surface area (Å²) < 4.78 is 20.6. The third-order valence-electron chi connectivity index (χ3n) is 4.40. The Morgan fingerprint density at radius 1 is 1.29 bits per heavy atom. The van der Waals surface area contributed by atoms with Gasteiger partial charge < -0.3 is 10.1 Å². The number of carbonyl (C=O) groups is 1. The van der Waals surface area contributed by atoms with Crippen molar-refractivity contribution in [1.29, 1.82) is 0 Å². The fourth-order valence-electron chi connectivity index (χ4n) is 3.05. The minimum Gasteiger partial charge on any atom is -0.495 e. The first-order chi connectivity index (χ1) is 13.5. The van der Waals surface area contributed by atoms with E-state index in [1.807, 2.05) is 17.0 Å². The smallest absolute Gasteiger partial charge is 0.235 e. The Morgan fingerprint density at radius 2 is 2.14 bits per heavy atom. The average Bonchev–Trinajstić information content (AvgIpc) is 3.30. The minimum atomic E-state index is -0.496. The van der Waals surface area contributed by atoms with Crippen molar-refractivity contribution in [3.63, 3.8) is 0 Å². The summed E-state index contributed by atoms with van der Waals surface area (Å²) in [4.78, 5) is 17.6. The van der Waals surface area contributed by atoms with Crippen LogP contribution in [0.4, 0.5) is 4.39 Å². The van der Waals surface area contributed by atoms with Gasteiger partial charge in [-0.05, 0) is 30.3 Å². The van der Waals surface area contributed by atoms with Gasteiger partial charge in [-0.25, -0.2) is 9.07 Å². The molecule has 1 aliphatic heterocycles. The number of amides is 1. The van der Waals surface area contributed by atoms with Crippen LogP contribution in [0.1, 0.15) is 5.69 Å². The van der Waals surface area contributed by atoms with Crippen LogP contribution in [0, 0.1) is 5.82 Å². The van der Waals surface area contributed by atoms with Crippen molar-refractivity contribution in [2.24, 2.45) is 0 Å². The molecule has 3 heterocycles. The number of benzene rings is 1. The van der Waals surface area contributed by atoms with E-state index in [9.17, 15) is 9.18 Å². The Bertz CT molecular complexity index is 1040. The summed E-state index contributed by atoms with van der Waals surface area (Å²) in [7, 11) is 1.57. The van der Waals surface area contributed by atoms with Gasteiger partial charge >= 0.3 is 0 Å². The molecule has 1 amide bonds. The SMILES string of the molecule is COc1cncc(-c2cc(CN3CNC(=O)C3)nn2-c2ccc(F)c(Cl)c2)c1. The molecule has 28 heavy (non-hydrogen) atoms. The lowest BCUT2D eigenvalue weighted by Crippen LogP contribution is -2.21. The summed E-state index contributed by atoms with van der Waals surface area (Å²) in [6, 6.07) is 8.18. The van der Waals surface area contributed by atoms with Crippen LogP contribution in [0.15, 0.2) is 42.7 Å². The second-order valence-corrected chi connectivity index (χ2v) is 6.80. The van der Waals surface area contributed by atoms with Gasteiger partial charge in [0.15, 0.2) is 0 Å². The highest BCUT2D eigenvalue weighted by Gasteiger charge is 2.21. The molecule has 0 unspecified atom stereocenters. The fraction of sp³-hybridized carbons (Fsp3) is 0.211. The summed E-state index contributed by atoms with van der Waals surface area (Å²) in [5, 5.41) is 7.44. The minimum absolute atomic E-state index is 0.0121. The summed E-state index contributed by atoms with van der Waals surface area (Å²) >= 11 is 5.97. The van der Waals surface area contributed by atoms with Crippen molar-refractivity contribution < 1.29 is 13.9 Å². The maximum atomic E-state index is 13.6. The third-order valence-corrected chi connectivity index (χ3v) is 4.69. The molecule has 144 valence electrons. The van der Waals surface area contributed by atoms with Gasteiger partial charge in [0.2, 0.25) is 5.91 Å². The van der Waals surface area contributed by atoms with Crippen LogP contribution in [0.25, 0.3) is 16.9 Å². The average molecular weight is 402 g/mol. The molecular weight excluding hydrogens is 385 g/mol. The van der Waals surface area contributed by atoms with Gasteiger partial charge in [0.05, 0.1) is 48.6 Å². The molecule has 0 spiro atoms. The van der Waals surface area contributed by atoms with E-state index in [1.54, 1.807) is 30.3 Å². The molecule has 2 aromatic heterocycles. The fourth-order valence-corrected chi connectivity index (χ4v) is 3.23. The van der Waals surface area contributed by atoms with Gasteiger partial charge in [-0.1, -0.05) is 11.6 Å². The van der Waals surface area contributed by atoms with Crippen molar-refractivity contribution in [3.8, 4) is 22.7 Å². The second kappa shape index (κ2) is 7.57. The molecule has 0 saturated carbocycles. The number of hydrogen-bond donors (Lipinski definition) is 1. The second-order valence-electron chi connectivity index (χ2n) is 6.39. The van der Waals surface area contributed by atoms with E-state index >= 15 is 0 Å². The van der Waals surface area contributed by atoms with Gasteiger partial charge in [0.25, 0.3) is 0 Å². The summed E-state index contributed by atoms with van der Waals surface area (Å²) in [5.74, 6) is 0.101. The van der Waals surface area contributed by atoms with Crippen molar-refractivity contribution in [3.05, 3.63) is 59.3 Å². The number of aromatic nitrogens is 3. The van der Waals surface area contributed by atoms with E-state index in [0.717, 1.165) is 17.0 Å². The van der Waals surface area contributed by atoms with E-state index in [2.05, 4.69) is 15.4 Å². The summed E-state index contributed by atoms with van der Waals surface area (Å²) in [6.45, 7) is 1.29. The lowest BCUT2D eigenvalue weighted by atomic mass is 10.2. The van der Waals surface area contributed by atoms with Crippen LogP contribution < -0.4 is 10.1 Å². The first-order valence-electron chi connectivity index (χ1n) is 8.56. The summed E-state index contributed by atoms with van der Waals surface area (Å²) in [5.41, 5.74) is 2.91. The number of nitrogens with one attached hydrogen (secondary N) is 1. The zero-order valence-corrected chi connectivity index (χ0v) is 15.8. The highest BCUT2D eigenvalue weighted by Crippen LogP contribution is 2.28. The topological polar surface area (TPSA) is 72.3 Å². The molecule has 1 fully saturated rings. The third kappa shape index (κ3) is 3.69. The monoisotopic (exact) mass is 401 g/mol. The number of ether oxygens (including phenoxy) is 1. The van der Waals surface area contributed by atoms with Gasteiger partial charge in [-0.15, -0.1) is 0 Å². The Kier molecular flexibility index (Phi) is 4.97. The molecule has 0 atom stereocenters. The van der Waals surface area contributed by atoms with Gasteiger partial charge in [-0.2, -0.15) is 5.10 Å². The van der Waals surface area contributed by atoms with Crippen LogP contribution in [-0.2, 0) is 11.3 Å². The highest BCUT2D eigenvalue weighted by atomic mass is 35.5. The molecule has 1 saturated heterocycles. The number of nitrogens with zero attached hydrogens (tertiary/aromatic N) is 4. The largest absolute Gasteiger partial charge is 0.495 e. The molecule has 9 heteroatoms. The van der Waals surface area contributed by atoms with Gasteiger partial charge in [-0.3, -0.25) is 14.7 Å². The predicted octanol–water partition coefficient (Wildman–Crippen LogP) is 2.62. The van der Waals surface area contributed by atoms with Crippen molar-refractivity contribution in [2.45, 2.75) is 6.54 Å². The molecule has 0 bridgehead atoms. The molecule has 7 nitrogen and oxygen atoms in total. The van der Waals surface area contributed by atoms with Crippen LogP contribution in [-0.4, -0.2) is 45.9 Å². The molecule has 1 N–H and O–H groups in total. The van der Waals surface area contributed by atoms with E-state index in [1.165, 1.54) is 12.1 Å². The molecule has 1 aromatic carbocycles. The Balaban J connectivity index is 1.77. The van der Waals surface area contributed by atoms with Crippen molar-refractivity contribution in [1.82, 2.24) is 25.0 Å². The molecule has 3 aromatic rings. The van der Waals surface area contributed by atoms with Crippen LogP contribution in [0.5, 0.6) is 5.75 Å². The molecule has 1 aliphatic rings. The van der Waals surface area contributed by atoms with Crippen molar-refractivity contribution >= 4 is 17.5 Å². The quantitative estimate of drug-likeness (QED) is 0.711. The van der Waals surface area contributed by atoms with E-state index in [4.69, 9.17) is 16.3 Å². The van der Waals surface area contributed by atoms with Crippen molar-refractivity contribution in [2.75, 3.05) is 20.3 Å². The van der Waals surface area contributed by atoms with Crippen LogP contribution >= 0.6 is 11.6 Å². The normalized spacial score (nSPS) is 14.3. The molecular formula is C19H17ClFN5O2. The number of rotatable bonds is 5. The maximum Gasteiger partial charge on any atom is 0.235 e. The zero-order valence-electron chi connectivity index (χ0n) is 15.0. The van der Waals surface area contributed by atoms with E-state index < -0.39 is 5.82 Å². The highest BCUT2D eigenvalue weighted by molar-refractivity contribution is 6.30. The number of carbonyl (C=O) groups excluding carboxylic acids is 1. The van der Waals surface area contributed by atoms with E-state index in [0.29, 0.717) is 31.2 Å². The van der Waals surface area contributed by atoms with Gasteiger partial charge in [0.1, 0.15) is 11.6 Å². The lowest BCUT2D eigenvalue weighted by Gasteiger charge is -2.10. The Hall–Kier alpha value is -2.97. The molecule has 4 rings (SSSR count). The Morgan fingerprint density at radius 3 is 2.86 bits per heavy atom.